The normalized spacial score (nSPS) is 17.4. The van der Waals surface area contributed by atoms with Gasteiger partial charge >= 0.3 is 0 Å². The van der Waals surface area contributed by atoms with Crippen LogP contribution in [0.4, 0.5) is 5.82 Å². The molecule has 1 aliphatic heterocycles. The van der Waals surface area contributed by atoms with E-state index in [1.807, 2.05) is 40.5 Å². The Kier molecular flexibility index (Phi) is 6.73. The van der Waals surface area contributed by atoms with Crippen molar-refractivity contribution in [3.63, 3.8) is 0 Å². The van der Waals surface area contributed by atoms with Gasteiger partial charge in [0.15, 0.2) is 0 Å². The van der Waals surface area contributed by atoms with Crippen LogP contribution < -0.4 is 9.64 Å². The van der Waals surface area contributed by atoms with E-state index < -0.39 is 0 Å². The standard InChI is InChI=1S/C27H34N4O2S/c1-4-18(2)24-28-25(23-21-11-6-5-7-12-22(21)34-26(23)29-24)30-13-15-31(16-14-30)27(32)19-9-8-10-20(17-19)33-3/h8-10,17-18H,4-7,11-16H2,1-3H3. The van der Waals surface area contributed by atoms with Gasteiger partial charge in [-0.1, -0.05) is 26.3 Å². The summed E-state index contributed by atoms with van der Waals surface area (Å²) in [5, 5.41) is 1.28. The Morgan fingerprint density at radius 1 is 1.12 bits per heavy atom. The topological polar surface area (TPSA) is 58.6 Å². The zero-order valence-electron chi connectivity index (χ0n) is 20.5. The molecule has 6 nitrogen and oxygen atoms in total. The predicted molar refractivity (Wildman–Crippen MR) is 138 cm³/mol. The number of piperazine rings is 1. The summed E-state index contributed by atoms with van der Waals surface area (Å²) in [6.45, 7) is 7.36. The number of nitrogens with zero attached hydrogens (tertiary/aromatic N) is 4. The highest BCUT2D eigenvalue weighted by Crippen LogP contribution is 2.40. The van der Waals surface area contributed by atoms with E-state index in [2.05, 4.69) is 18.7 Å². The number of aryl methyl sites for hydroxylation is 2. The van der Waals surface area contributed by atoms with Crippen molar-refractivity contribution in [3.8, 4) is 5.75 Å². The van der Waals surface area contributed by atoms with Gasteiger partial charge in [-0.2, -0.15) is 0 Å². The molecule has 1 aromatic carbocycles. The molecule has 0 N–H and O–H groups in total. The lowest BCUT2D eigenvalue weighted by atomic mass is 10.1. The average Bonchev–Trinajstić information content (AvgIpc) is 3.08. The third-order valence-electron chi connectivity index (χ3n) is 7.30. The second-order valence-corrected chi connectivity index (χ2v) is 10.6. The van der Waals surface area contributed by atoms with Gasteiger partial charge in [-0.15, -0.1) is 11.3 Å². The van der Waals surface area contributed by atoms with Gasteiger partial charge in [-0.05, 0) is 55.9 Å². The number of fused-ring (bicyclic) bond motifs is 3. The smallest absolute Gasteiger partial charge is 0.254 e. The summed E-state index contributed by atoms with van der Waals surface area (Å²) in [4.78, 5) is 30.3. The number of amides is 1. The minimum Gasteiger partial charge on any atom is -0.497 e. The fourth-order valence-electron chi connectivity index (χ4n) is 5.02. The van der Waals surface area contributed by atoms with Crippen LogP contribution in [-0.2, 0) is 12.8 Å². The maximum Gasteiger partial charge on any atom is 0.254 e. The predicted octanol–water partition coefficient (Wildman–Crippen LogP) is 5.44. The van der Waals surface area contributed by atoms with Crippen molar-refractivity contribution in [2.45, 2.75) is 58.3 Å². The molecule has 7 heteroatoms. The quantitative estimate of drug-likeness (QED) is 0.457. The molecule has 180 valence electrons. The first-order chi connectivity index (χ1) is 16.6. The van der Waals surface area contributed by atoms with Crippen molar-refractivity contribution in [1.82, 2.24) is 14.9 Å². The van der Waals surface area contributed by atoms with Crippen LogP contribution in [0, 0.1) is 0 Å². The van der Waals surface area contributed by atoms with E-state index in [0.29, 0.717) is 30.3 Å². The molecular weight excluding hydrogens is 444 g/mol. The Balaban J connectivity index is 1.43. The van der Waals surface area contributed by atoms with Crippen LogP contribution in [0.3, 0.4) is 0 Å². The summed E-state index contributed by atoms with van der Waals surface area (Å²) >= 11 is 1.89. The van der Waals surface area contributed by atoms with Gasteiger partial charge < -0.3 is 14.5 Å². The highest BCUT2D eigenvalue weighted by atomic mass is 32.1. The first-order valence-electron chi connectivity index (χ1n) is 12.6. The minimum absolute atomic E-state index is 0.0658. The SMILES string of the molecule is CCC(C)c1nc(N2CCN(C(=O)c3cccc(OC)c3)CC2)c2c3c(sc2n1)CCCCC3. The van der Waals surface area contributed by atoms with E-state index in [0.717, 1.165) is 48.8 Å². The Morgan fingerprint density at radius 2 is 1.91 bits per heavy atom. The summed E-state index contributed by atoms with van der Waals surface area (Å²) in [7, 11) is 1.63. The molecule has 0 bridgehead atoms. The second kappa shape index (κ2) is 9.90. The lowest BCUT2D eigenvalue weighted by Crippen LogP contribution is -2.49. The van der Waals surface area contributed by atoms with Crippen LogP contribution in [-0.4, -0.2) is 54.1 Å². The highest BCUT2D eigenvalue weighted by Gasteiger charge is 2.28. The molecule has 34 heavy (non-hydrogen) atoms. The molecule has 1 aliphatic carbocycles. The van der Waals surface area contributed by atoms with Crippen LogP contribution in [0.2, 0.25) is 0 Å². The number of ether oxygens (including phenoxy) is 1. The van der Waals surface area contributed by atoms with E-state index in [9.17, 15) is 4.79 Å². The Bertz CT molecular complexity index is 1180. The van der Waals surface area contributed by atoms with Gasteiger partial charge in [0, 0.05) is 42.5 Å². The molecule has 1 amide bonds. The molecule has 5 rings (SSSR count). The number of carbonyl (C=O) groups excluding carboxylic acids is 1. The summed E-state index contributed by atoms with van der Waals surface area (Å²) in [6, 6.07) is 7.43. The maximum absolute atomic E-state index is 13.1. The van der Waals surface area contributed by atoms with Crippen molar-refractivity contribution < 1.29 is 9.53 Å². The van der Waals surface area contributed by atoms with Crippen LogP contribution >= 0.6 is 11.3 Å². The molecule has 2 aromatic heterocycles. The molecule has 0 saturated carbocycles. The van der Waals surface area contributed by atoms with E-state index in [1.165, 1.54) is 35.1 Å². The van der Waals surface area contributed by atoms with E-state index in [-0.39, 0.29) is 5.91 Å². The van der Waals surface area contributed by atoms with Crippen molar-refractivity contribution >= 4 is 33.3 Å². The first-order valence-corrected chi connectivity index (χ1v) is 13.4. The largest absolute Gasteiger partial charge is 0.497 e. The molecular formula is C27H34N4O2S. The van der Waals surface area contributed by atoms with E-state index in [1.54, 1.807) is 7.11 Å². The molecule has 1 saturated heterocycles. The van der Waals surface area contributed by atoms with Gasteiger partial charge in [0.25, 0.3) is 5.91 Å². The Labute approximate surface area is 206 Å². The molecule has 0 spiro atoms. The number of hydrogen-bond acceptors (Lipinski definition) is 6. The van der Waals surface area contributed by atoms with Gasteiger partial charge in [0.2, 0.25) is 0 Å². The third kappa shape index (κ3) is 4.38. The summed E-state index contributed by atoms with van der Waals surface area (Å²) in [6.07, 6.45) is 7.13. The summed E-state index contributed by atoms with van der Waals surface area (Å²) in [5.74, 6) is 3.16. The van der Waals surface area contributed by atoms with E-state index in [4.69, 9.17) is 14.7 Å². The van der Waals surface area contributed by atoms with Crippen molar-refractivity contribution in [2.24, 2.45) is 0 Å². The molecule has 3 heterocycles. The van der Waals surface area contributed by atoms with Gasteiger partial charge in [-0.3, -0.25) is 4.79 Å². The van der Waals surface area contributed by atoms with Crippen molar-refractivity contribution in [3.05, 3.63) is 46.1 Å². The Morgan fingerprint density at radius 3 is 2.68 bits per heavy atom. The zero-order valence-corrected chi connectivity index (χ0v) is 21.3. The maximum atomic E-state index is 13.1. The van der Waals surface area contributed by atoms with Crippen LogP contribution in [0.1, 0.15) is 72.1 Å². The second-order valence-electron chi connectivity index (χ2n) is 9.47. The molecule has 2 aliphatic rings. The van der Waals surface area contributed by atoms with Crippen LogP contribution in [0.25, 0.3) is 10.2 Å². The molecule has 0 radical (unpaired) electrons. The van der Waals surface area contributed by atoms with Crippen molar-refractivity contribution in [2.75, 3.05) is 38.2 Å². The number of hydrogen-bond donors (Lipinski definition) is 0. The average molecular weight is 479 g/mol. The Hall–Kier alpha value is -2.67. The fraction of sp³-hybridized carbons (Fsp3) is 0.519. The summed E-state index contributed by atoms with van der Waals surface area (Å²) in [5.41, 5.74) is 2.16. The lowest BCUT2D eigenvalue weighted by molar-refractivity contribution is 0.0746. The van der Waals surface area contributed by atoms with Crippen LogP contribution in [0.5, 0.6) is 5.75 Å². The lowest BCUT2D eigenvalue weighted by Gasteiger charge is -2.36. The first kappa shape index (κ1) is 23.1. The molecule has 1 atom stereocenters. The fourth-order valence-corrected chi connectivity index (χ4v) is 6.29. The third-order valence-corrected chi connectivity index (χ3v) is 8.48. The minimum atomic E-state index is 0.0658. The summed E-state index contributed by atoms with van der Waals surface area (Å²) < 4.78 is 5.30. The highest BCUT2D eigenvalue weighted by molar-refractivity contribution is 7.19. The van der Waals surface area contributed by atoms with Gasteiger partial charge in [0.1, 0.15) is 22.2 Å². The number of thiophene rings is 1. The van der Waals surface area contributed by atoms with E-state index >= 15 is 0 Å². The molecule has 3 aromatic rings. The number of carbonyl (C=O) groups is 1. The van der Waals surface area contributed by atoms with Gasteiger partial charge in [-0.25, -0.2) is 9.97 Å². The number of benzene rings is 1. The molecule has 1 unspecified atom stereocenters. The number of aromatic nitrogens is 2. The van der Waals surface area contributed by atoms with Crippen molar-refractivity contribution in [1.29, 1.82) is 0 Å². The number of anilines is 1. The number of rotatable bonds is 5. The molecule has 1 fully saturated rings. The van der Waals surface area contributed by atoms with Gasteiger partial charge in [0.05, 0.1) is 12.5 Å². The van der Waals surface area contributed by atoms with Crippen LogP contribution in [0.15, 0.2) is 24.3 Å². The zero-order chi connectivity index (χ0) is 23.7. The number of methoxy groups -OCH3 is 1. The monoisotopic (exact) mass is 478 g/mol.